The topological polar surface area (TPSA) is 59.5 Å². The van der Waals surface area contributed by atoms with Gasteiger partial charge in [0.25, 0.3) is 0 Å². The molecular formula is C13H22N4O2. The number of rotatable bonds is 7. The lowest BCUT2D eigenvalue weighted by Crippen LogP contribution is -2.39. The number of ether oxygens (including phenoxy) is 2. The molecular weight excluding hydrogens is 244 g/mol. The Bertz CT molecular complexity index is 389. The van der Waals surface area contributed by atoms with Crippen LogP contribution >= 0.6 is 0 Å². The number of nitrogens with zero attached hydrogens (tertiary/aromatic N) is 3. The molecule has 1 atom stereocenters. The molecule has 2 heterocycles. The van der Waals surface area contributed by atoms with E-state index in [1.165, 1.54) is 12.8 Å². The van der Waals surface area contributed by atoms with Crippen molar-refractivity contribution in [3.8, 4) is 5.88 Å². The van der Waals surface area contributed by atoms with E-state index in [0.717, 1.165) is 32.1 Å². The van der Waals surface area contributed by atoms with Gasteiger partial charge in [-0.3, -0.25) is 0 Å². The van der Waals surface area contributed by atoms with Gasteiger partial charge >= 0.3 is 0 Å². The van der Waals surface area contributed by atoms with Gasteiger partial charge in [-0.1, -0.05) is 0 Å². The van der Waals surface area contributed by atoms with Gasteiger partial charge in [0, 0.05) is 38.9 Å². The first kappa shape index (κ1) is 14.0. The first-order valence-corrected chi connectivity index (χ1v) is 6.67. The lowest BCUT2D eigenvalue weighted by atomic mass is 10.2. The summed E-state index contributed by atoms with van der Waals surface area (Å²) >= 11 is 0. The predicted octanol–water partition coefficient (Wildman–Crippen LogP) is 0.690. The van der Waals surface area contributed by atoms with Gasteiger partial charge in [0.05, 0.1) is 13.7 Å². The van der Waals surface area contributed by atoms with Crippen molar-refractivity contribution >= 4 is 5.82 Å². The lowest BCUT2D eigenvalue weighted by molar-refractivity contribution is 0.199. The number of hydrogen-bond donors (Lipinski definition) is 1. The van der Waals surface area contributed by atoms with Crippen molar-refractivity contribution in [3.63, 3.8) is 0 Å². The summed E-state index contributed by atoms with van der Waals surface area (Å²) in [7, 11) is 3.34. The predicted molar refractivity (Wildman–Crippen MR) is 73.7 cm³/mol. The molecule has 6 heteroatoms. The summed E-state index contributed by atoms with van der Waals surface area (Å²) in [5, 5.41) is 3.42. The molecule has 19 heavy (non-hydrogen) atoms. The fourth-order valence-electron chi connectivity index (χ4n) is 2.39. The fraction of sp³-hybridized carbons (Fsp3) is 0.692. The molecule has 0 aliphatic carbocycles. The standard InChI is InChI=1S/C13H22N4O2/c1-18-7-5-14-9-11-4-3-6-17(11)12-8-13(19-2)16-10-15-12/h8,10-11,14H,3-7,9H2,1-2H3. The van der Waals surface area contributed by atoms with Crippen molar-refractivity contribution in [1.82, 2.24) is 15.3 Å². The third kappa shape index (κ3) is 3.78. The lowest BCUT2D eigenvalue weighted by Gasteiger charge is -2.26. The van der Waals surface area contributed by atoms with E-state index in [1.54, 1.807) is 20.5 Å². The van der Waals surface area contributed by atoms with Crippen LogP contribution in [0.2, 0.25) is 0 Å². The van der Waals surface area contributed by atoms with E-state index >= 15 is 0 Å². The van der Waals surface area contributed by atoms with Crippen LogP contribution in [0.1, 0.15) is 12.8 Å². The second-order valence-corrected chi connectivity index (χ2v) is 4.60. The molecule has 1 aliphatic heterocycles. The minimum atomic E-state index is 0.483. The molecule has 0 bridgehead atoms. The van der Waals surface area contributed by atoms with Gasteiger partial charge < -0.3 is 19.7 Å². The maximum absolute atomic E-state index is 5.15. The van der Waals surface area contributed by atoms with E-state index in [1.807, 2.05) is 6.07 Å². The Morgan fingerprint density at radius 3 is 3.11 bits per heavy atom. The van der Waals surface area contributed by atoms with Crippen LogP contribution in [-0.4, -0.2) is 56.5 Å². The quantitative estimate of drug-likeness (QED) is 0.733. The minimum Gasteiger partial charge on any atom is -0.481 e. The van der Waals surface area contributed by atoms with Crippen LogP contribution in [0.3, 0.4) is 0 Å². The van der Waals surface area contributed by atoms with Crippen LogP contribution in [0, 0.1) is 0 Å². The Kier molecular flexibility index (Phi) is 5.35. The highest BCUT2D eigenvalue weighted by Gasteiger charge is 2.25. The zero-order chi connectivity index (χ0) is 13.5. The van der Waals surface area contributed by atoms with Gasteiger partial charge in [0.2, 0.25) is 5.88 Å². The Morgan fingerprint density at radius 2 is 2.32 bits per heavy atom. The number of methoxy groups -OCH3 is 2. The molecule has 106 valence electrons. The normalized spacial score (nSPS) is 18.8. The maximum atomic E-state index is 5.15. The molecule has 1 saturated heterocycles. The average Bonchev–Trinajstić information content (AvgIpc) is 2.92. The summed E-state index contributed by atoms with van der Waals surface area (Å²) in [5.74, 6) is 1.56. The van der Waals surface area contributed by atoms with Gasteiger partial charge in [0.15, 0.2) is 0 Å². The third-order valence-corrected chi connectivity index (χ3v) is 3.37. The highest BCUT2D eigenvalue weighted by Crippen LogP contribution is 2.24. The molecule has 0 aromatic carbocycles. The van der Waals surface area contributed by atoms with E-state index in [2.05, 4.69) is 20.2 Å². The molecule has 0 spiro atoms. The summed E-state index contributed by atoms with van der Waals surface area (Å²) < 4.78 is 10.2. The van der Waals surface area contributed by atoms with Crippen LogP contribution in [0.25, 0.3) is 0 Å². The van der Waals surface area contributed by atoms with Gasteiger partial charge in [-0.05, 0) is 12.8 Å². The molecule has 1 fully saturated rings. The maximum Gasteiger partial charge on any atom is 0.218 e. The van der Waals surface area contributed by atoms with Gasteiger partial charge in [-0.25, -0.2) is 9.97 Å². The molecule has 1 aliphatic rings. The van der Waals surface area contributed by atoms with E-state index in [4.69, 9.17) is 9.47 Å². The van der Waals surface area contributed by atoms with Gasteiger partial charge in [0.1, 0.15) is 12.1 Å². The summed E-state index contributed by atoms with van der Waals surface area (Å²) in [6.45, 7) is 3.62. The molecule has 1 unspecified atom stereocenters. The Labute approximate surface area is 114 Å². The Morgan fingerprint density at radius 1 is 1.42 bits per heavy atom. The number of anilines is 1. The molecule has 6 nitrogen and oxygen atoms in total. The number of aromatic nitrogens is 2. The number of hydrogen-bond acceptors (Lipinski definition) is 6. The SMILES string of the molecule is COCCNCC1CCCN1c1cc(OC)ncn1. The highest BCUT2D eigenvalue weighted by molar-refractivity contribution is 5.43. The largest absolute Gasteiger partial charge is 0.481 e. The van der Waals surface area contributed by atoms with Crippen LogP contribution in [0.5, 0.6) is 5.88 Å². The highest BCUT2D eigenvalue weighted by atomic mass is 16.5. The van der Waals surface area contributed by atoms with Crippen molar-refractivity contribution in [2.75, 3.05) is 45.4 Å². The smallest absolute Gasteiger partial charge is 0.218 e. The zero-order valence-corrected chi connectivity index (χ0v) is 11.6. The molecule has 0 radical (unpaired) electrons. The molecule has 2 rings (SSSR count). The summed E-state index contributed by atoms with van der Waals surface area (Å²) in [6.07, 6.45) is 3.94. The van der Waals surface area contributed by atoms with Crippen LogP contribution in [0.4, 0.5) is 5.82 Å². The summed E-state index contributed by atoms with van der Waals surface area (Å²) in [4.78, 5) is 10.7. The van der Waals surface area contributed by atoms with E-state index < -0.39 is 0 Å². The van der Waals surface area contributed by atoms with Crippen LogP contribution < -0.4 is 15.0 Å². The number of nitrogens with one attached hydrogen (secondary N) is 1. The summed E-state index contributed by atoms with van der Waals surface area (Å²) in [5.41, 5.74) is 0. The molecule has 1 aromatic rings. The van der Waals surface area contributed by atoms with E-state index in [0.29, 0.717) is 11.9 Å². The third-order valence-electron chi connectivity index (χ3n) is 3.37. The molecule has 1 aromatic heterocycles. The van der Waals surface area contributed by atoms with Crippen molar-refractivity contribution < 1.29 is 9.47 Å². The zero-order valence-electron chi connectivity index (χ0n) is 11.6. The minimum absolute atomic E-state index is 0.483. The fourth-order valence-corrected chi connectivity index (χ4v) is 2.39. The average molecular weight is 266 g/mol. The van der Waals surface area contributed by atoms with Crippen molar-refractivity contribution in [2.45, 2.75) is 18.9 Å². The first-order chi connectivity index (χ1) is 9.35. The van der Waals surface area contributed by atoms with Gasteiger partial charge in [-0.15, -0.1) is 0 Å². The molecule has 0 saturated carbocycles. The van der Waals surface area contributed by atoms with E-state index in [-0.39, 0.29) is 0 Å². The van der Waals surface area contributed by atoms with Crippen molar-refractivity contribution in [3.05, 3.63) is 12.4 Å². The molecule has 1 N–H and O–H groups in total. The van der Waals surface area contributed by atoms with Gasteiger partial charge in [-0.2, -0.15) is 0 Å². The summed E-state index contributed by atoms with van der Waals surface area (Å²) in [6, 6.07) is 2.38. The Hall–Kier alpha value is -1.40. The van der Waals surface area contributed by atoms with E-state index in [9.17, 15) is 0 Å². The monoisotopic (exact) mass is 266 g/mol. The Balaban J connectivity index is 1.93. The van der Waals surface area contributed by atoms with Crippen LogP contribution in [0.15, 0.2) is 12.4 Å². The second-order valence-electron chi connectivity index (χ2n) is 4.60. The van der Waals surface area contributed by atoms with Crippen molar-refractivity contribution in [1.29, 1.82) is 0 Å². The molecule has 0 amide bonds. The first-order valence-electron chi connectivity index (χ1n) is 6.67. The second kappa shape index (κ2) is 7.25. The van der Waals surface area contributed by atoms with Crippen LogP contribution in [-0.2, 0) is 4.74 Å². The van der Waals surface area contributed by atoms with Crippen molar-refractivity contribution in [2.24, 2.45) is 0 Å².